The highest BCUT2D eigenvalue weighted by Gasteiger charge is 2.20. The van der Waals surface area contributed by atoms with Gasteiger partial charge in [0.25, 0.3) is 0 Å². The average Bonchev–Trinajstić information content (AvgIpc) is 2.75. The molecule has 6 heteroatoms. The standard InChI is InChI=1S/C15H19Br2N3O/c1-5-6-18-12-8-11(15(2,3)4)19-14(20-12)10-7-9(16)13(17)21-10/h7-8H,5-6H2,1-4H3,(H,18,19,20). The molecular formula is C15H19Br2N3O. The minimum Gasteiger partial charge on any atom is -0.445 e. The predicted octanol–water partition coefficient (Wildman–Crippen LogP) is 5.38. The molecule has 0 saturated carbocycles. The Morgan fingerprint density at radius 1 is 1.19 bits per heavy atom. The predicted molar refractivity (Wildman–Crippen MR) is 92.6 cm³/mol. The van der Waals surface area contributed by atoms with Gasteiger partial charge in [-0.3, -0.25) is 0 Å². The second-order valence-electron chi connectivity index (χ2n) is 5.87. The van der Waals surface area contributed by atoms with Gasteiger partial charge in [0, 0.05) is 24.1 Å². The van der Waals surface area contributed by atoms with Gasteiger partial charge in [0.1, 0.15) is 5.82 Å². The zero-order valence-electron chi connectivity index (χ0n) is 12.6. The van der Waals surface area contributed by atoms with Gasteiger partial charge < -0.3 is 9.73 Å². The van der Waals surface area contributed by atoms with Gasteiger partial charge in [-0.25, -0.2) is 9.97 Å². The van der Waals surface area contributed by atoms with Crippen molar-refractivity contribution in [3.63, 3.8) is 0 Å². The molecule has 0 unspecified atom stereocenters. The zero-order chi connectivity index (χ0) is 15.6. The second-order valence-corrected chi connectivity index (χ2v) is 7.45. The molecule has 2 aromatic rings. The summed E-state index contributed by atoms with van der Waals surface area (Å²) >= 11 is 6.77. The van der Waals surface area contributed by atoms with Crippen LogP contribution >= 0.6 is 31.9 Å². The molecule has 0 atom stereocenters. The van der Waals surface area contributed by atoms with E-state index in [1.807, 2.05) is 12.1 Å². The number of halogens is 2. The lowest BCUT2D eigenvalue weighted by Gasteiger charge is -2.19. The first-order valence-electron chi connectivity index (χ1n) is 6.90. The lowest BCUT2D eigenvalue weighted by Crippen LogP contribution is -2.16. The molecule has 114 valence electrons. The number of nitrogens with one attached hydrogen (secondary N) is 1. The fourth-order valence-corrected chi connectivity index (χ4v) is 2.32. The molecular weight excluding hydrogens is 398 g/mol. The molecule has 0 fully saturated rings. The molecule has 0 radical (unpaired) electrons. The van der Waals surface area contributed by atoms with E-state index in [0.717, 1.165) is 29.0 Å². The first-order valence-corrected chi connectivity index (χ1v) is 8.48. The average molecular weight is 417 g/mol. The van der Waals surface area contributed by atoms with Crippen LogP contribution in [0.1, 0.15) is 39.8 Å². The van der Waals surface area contributed by atoms with Crippen LogP contribution in [-0.2, 0) is 5.41 Å². The third-order valence-electron chi connectivity index (χ3n) is 2.92. The molecule has 4 nitrogen and oxygen atoms in total. The normalized spacial score (nSPS) is 11.7. The van der Waals surface area contributed by atoms with Crippen LogP contribution in [0.25, 0.3) is 11.6 Å². The number of rotatable bonds is 4. The highest BCUT2D eigenvalue weighted by molar-refractivity contribution is 9.13. The van der Waals surface area contributed by atoms with Crippen molar-refractivity contribution in [3.8, 4) is 11.6 Å². The van der Waals surface area contributed by atoms with Crippen LogP contribution < -0.4 is 5.32 Å². The van der Waals surface area contributed by atoms with E-state index in [4.69, 9.17) is 4.42 Å². The van der Waals surface area contributed by atoms with Gasteiger partial charge in [-0.2, -0.15) is 0 Å². The maximum absolute atomic E-state index is 5.64. The Morgan fingerprint density at radius 3 is 2.43 bits per heavy atom. The Morgan fingerprint density at radius 2 is 1.90 bits per heavy atom. The molecule has 0 aliphatic carbocycles. The Kier molecular flexibility index (Phi) is 5.09. The van der Waals surface area contributed by atoms with Crippen molar-refractivity contribution in [1.82, 2.24) is 9.97 Å². The summed E-state index contributed by atoms with van der Waals surface area (Å²) in [5.74, 6) is 2.06. The molecule has 0 bridgehead atoms. The maximum Gasteiger partial charge on any atom is 0.197 e. The first kappa shape index (κ1) is 16.5. The Hall–Kier alpha value is -0.880. The molecule has 21 heavy (non-hydrogen) atoms. The van der Waals surface area contributed by atoms with Crippen LogP contribution in [0.2, 0.25) is 0 Å². The summed E-state index contributed by atoms with van der Waals surface area (Å²) in [7, 11) is 0. The van der Waals surface area contributed by atoms with Gasteiger partial charge in [0.05, 0.1) is 10.2 Å². The third kappa shape index (κ3) is 4.07. The van der Waals surface area contributed by atoms with Gasteiger partial charge in [0.15, 0.2) is 16.3 Å². The lowest BCUT2D eigenvalue weighted by molar-refractivity contribution is 0.542. The molecule has 2 aromatic heterocycles. The van der Waals surface area contributed by atoms with E-state index in [9.17, 15) is 0 Å². The van der Waals surface area contributed by atoms with Crippen molar-refractivity contribution in [2.24, 2.45) is 0 Å². The zero-order valence-corrected chi connectivity index (χ0v) is 15.8. The van der Waals surface area contributed by atoms with Crippen LogP contribution in [-0.4, -0.2) is 16.5 Å². The summed E-state index contributed by atoms with van der Waals surface area (Å²) in [6.45, 7) is 9.41. The highest BCUT2D eigenvalue weighted by atomic mass is 79.9. The summed E-state index contributed by atoms with van der Waals surface area (Å²) in [5.41, 5.74) is 0.927. The Balaban J connectivity index is 2.48. The van der Waals surface area contributed by atoms with E-state index < -0.39 is 0 Å². The van der Waals surface area contributed by atoms with Crippen molar-refractivity contribution in [2.45, 2.75) is 39.5 Å². The van der Waals surface area contributed by atoms with Crippen molar-refractivity contribution in [1.29, 1.82) is 0 Å². The van der Waals surface area contributed by atoms with Crippen molar-refractivity contribution in [2.75, 3.05) is 11.9 Å². The van der Waals surface area contributed by atoms with Crippen molar-refractivity contribution in [3.05, 3.63) is 27.0 Å². The van der Waals surface area contributed by atoms with Crippen molar-refractivity contribution >= 4 is 37.7 Å². The maximum atomic E-state index is 5.64. The van der Waals surface area contributed by atoms with E-state index in [-0.39, 0.29) is 5.41 Å². The Labute approximate surface area is 142 Å². The molecule has 0 amide bonds. The molecule has 0 aliphatic rings. The van der Waals surface area contributed by atoms with Crippen LogP contribution in [0.15, 0.2) is 25.7 Å². The van der Waals surface area contributed by atoms with Crippen LogP contribution in [0.4, 0.5) is 5.82 Å². The highest BCUT2D eigenvalue weighted by Crippen LogP contribution is 2.33. The van der Waals surface area contributed by atoms with E-state index in [0.29, 0.717) is 16.3 Å². The number of aromatic nitrogens is 2. The second kappa shape index (κ2) is 6.48. The van der Waals surface area contributed by atoms with E-state index in [1.165, 1.54) is 0 Å². The van der Waals surface area contributed by atoms with E-state index >= 15 is 0 Å². The van der Waals surface area contributed by atoms with Gasteiger partial charge >= 0.3 is 0 Å². The van der Waals surface area contributed by atoms with Gasteiger partial charge in [-0.05, 0) is 38.3 Å². The molecule has 1 N–H and O–H groups in total. The smallest absolute Gasteiger partial charge is 0.197 e. The molecule has 0 saturated heterocycles. The number of nitrogens with zero attached hydrogens (tertiary/aromatic N) is 2. The van der Waals surface area contributed by atoms with E-state index in [2.05, 4.69) is 74.8 Å². The molecule has 0 aromatic carbocycles. The summed E-state index contributed by atoms with van der Waals surface area (Å²) in [4.78, 5) is 9.20. The van der Waals surface area contributed by atoms with Crippen LogP contribution in [0.3, 0.4) is 0 Å². The lowest BCUT2D eigenvalue weighted by atomic mass is 9.92. The Bertz CT molecular complexity index is 613. The topological polar surface area (TPSA) is 51.0 Å². The molecule has 2 rings (SSSR count). The number of furan rings is 1. The summed E-state index contributed by atoms with van der Waals surface area (Å²) in [6, 6.07) is 3.88. The summed E-state index contributed by atoms with van der Waals surface area (Å²) < 4.78 is 7.14. The van der Waals surface area contributed by atoms with Gasteiger partial charge in [0.2, 0.25) is 0 Å². The van der Waals surface area contributed by atoms with Gasteiger partial charge in [-0.1, -0.05) is 27.7 Å². The number of anilines is 1. The van der Waals surface area contributed by atoms with Crippen LogP contribution in [0, 0.1) is 0 Å². The largest absolute Gasteiger partial charge is 0.445 e. The number of hydrogen-bond donors (Lipinski definition) is 1. The third-order valence-corrected chi connectivity index (χ3v) is 4.63. The summed E-state index contributed by atoms with van der Waals surface area (Å²) in [6.07, 6.45) is 1.04. The molecule has 2 heterocycles. The molecule has 0 spiro atoms. The minimum absolute atomic E-state index is 0.0542. The minimum atomic E-state index is -0.0542. The SMILES string of the molecule is CCCNc1cc(C(C)(C)C)nc(-c2cc(Br)c(Br)o2)n1. The number of hydrogen-bond acceptors (Lipinski definition) is 4. The monoisotopic (exact) mass is 415 g/mol. The van der Waals surface area contributed by atoms with E-state index in [1.54, 1.807) is 0 Å². The van der Waals surface area contributed by atoms with Crippen LogP contribution in [0.5, 0.6) is 0 Å². The first-order chi connectivity index (χ1) is 9.81. The summed E-state index contributed by atoms with van der Waals surface area (Å²) in [5, 5.41) is 3.32. The fraction of sp³-hybridized carbons (Fsp3) is 0.467. The molecule has 0 aliphatic heterocycles. The van der Waals surface area contributed by atoms with Crippen molar-refractivity contribution < 1.29 is 4.42 Å². The van der Waals surface area contributed by atoms with Gasteiger partial charge in [-0.15, -0.1) is 0 Å². The quantitative estimate of drug-likeness (QED) is 0.726. The fourth-order valence-electron chi connectivity index (χ4n) is 1.74.